The van der Waals surface area contributed by atoms with Crippen molar-refractivity contribution in [2.75, 3.05) is 11.9 Å². The van der Waals surface area contributed by atoms with Gasteiger partial charge in [-0.1, -0.05) is 6.92 Å². The number of hydrogen-bond acceptors (Lipinski definition) is 5. The first-order valence-corrected chi connectivity index (χ1v) is 8.38. The van der Waals surface area contributed by atoms with Gasteiger partial charge in [-0.2, -0.15) is 0 Å². The molecule has 0 radical (unpaired) electrons. The minimum absolute atomic E-state index is 0.0301. The molecular weight excluding hydrogens is 328 g/mol. The van der Waals surface area contributed by atoms with Gasteiger partial charge < -0.3 is 20.1 Å². The molecule has 0 aliphatic heterocycles. The van der Waals surface area contributed by atoms with Crippen LogP contribution in [0, 0.1) is 0 Å². The minimum Gasteiger partial charge on any atom is -0.491 e. The van der Waals surface area contributed by atoms with Crippen LogP contribution in [0.3, 0.4) is 0 Å². The third-order valence-electron chi connectivity index (χ3n) is 3.14. The number of nitrogens with one attached hydrogen (secondary N) is 2. The Morgan fingerprint density at radius 3 is 2.42 bits per heavy atom. The Labute approximate surface area is 147 Å². The van der Waals surface area contributed by atoms with E-state index in [1.54, 1.807) is 6.92 Å². The molecule has 2 N–H and O–H groups in total. The number of anilines is 1. The van der Waals surface area contributed by atoms with Crippen LogP contribution in [0.2, 0.25) is 0 Å². The maximum Gasteiger partial charge on any atom is 0.306 e. The highest BCUT2D eigenvalue weighted by Crippen LogP contribution is 2.17. The van der Waals surface area contributed by atoms with E-state index < -0.39 is 5.97 Å². The summed E-state index contributed by atoms with van der Waals surface area (Å²) in [7, 11) is 0. The lowest BCUT2D eigenvalue weighted by Crippen LogP contribution is -2.34. The number of benzene rings is 1. The normalized spacial score (nSPS) is 11.3. The maximum absolute atomic E-state index is 11.7. The van der Waals surface area contributed by atoms with E-state index in [0.29, 0.717) is 6.61 Å². The minimum atomic E-state index is -0.400. The fourth-order valence-corrected chi connectivity index (χ4v) is 1.96. The van der Waals surface area contributed by atoms with Crippen LogP contribution in [0.25, 0.3) is 0 Å². The first-order valence-electron chi connectivity index (χ1n) is 7.97. The van der Waals surface area contributed by atoms with Crippen LogP contribution < -0.4 is 15.4 Å². The third kappa shape index (κ3) is 7.92. The molecule has 132 valence electrons. The van der Waals surface area contributed by atoms with Crippen molar-refractivity contribution >= 4 is 34.9 Å². The number of carbonyl (C=O) groups excluding carboxylic acids is 2. The lowest BCUT2D eigenvalue weighted by Gasteiger charge is -2.13. The van der Waals surface area contributed by atoms with Gasteiger partial charge in [-0.3, -0.25) is 9.59 Å². The number of rotatable bonds is 8. The van der Waals surface area contributed by atoms with Gasteiger partial charge in [0.1, 0.15) is 5.75 Å². The molecule has 0 saturated heterocycles. The van der Waals surface area contributed by atoms with Gasteiger partial charge >= 0.3 is 5.97 Å². The molecule has 7 heteroatoms. The smallest absolute Gasteiger partial charge is 0.306 e. The predicted octanol–water partition coefficient (Wildman–Crippen LogP) is 3.02. The van der Waals surface area contributed by atoms with E-state index >= 15 is 0 Å². The molecule has 0 bridgehead atoms. The molecule has 1 aromatic carbocycles. The zero-order valence-electron chi connectivity index (χ0n) is 14.3. The molecule has 1 unspecified atom stereocenters. The Hall–Kier alpha value is -2.15. The van der Waals surface area contributed by atoms with Crippen molar-refractivity contribution in [3.63, 3.8) is 0 Å². The van der Waals surface area contributed by atoms with Gasteiger partial charge in [-0.05, 0) is 56.8 Å². The summed E-state index contributed by atoms with van der Waals surface area (Å²) in [6, 6.07) is 7.29. The zero-order chi connectivity index (χ0) is 17.9. The summed E-state index contributed by atoms with van der Waals surface area (Å²) in [6.45, 7) is 6.09. The van der Waals surface area contributed by atoms with E-state index in [2.05, 4.69) is 17.6 Å². The van der Waals surface area contributed by atoms with E-state index in [4.69, 9.17) is 21.7 Å². The van der Waals surface area contributed by atoms with Gasteiger partial charge in [0.25, 0.3) is 0 Å². The molecule has 0 saturated carbocycles. The molecule has 6 nitrogen and oxygen atoms in total. The molecule has 1 amide bonds. The standard InChI is InChI=1S/C17H24N2O4S/c1-4-12(3)23-14-8-6-13(7-9-14)18-17(24)19-15(20)10-11-16(21)22-5-2/h6-9,12H,4-5,10-11H2,1-3H3,(H2,18,19,20,24). The van der Waals surface area contributed by atoms with Crippen molar-refractivity contribution in [2.45, 2.75) is 46.1 Å². The largest absolute Gasteiger partial charge is 0.491 e. The van der Waals surface area contributed by atoms with Gasteiger partial charge in [0.15, 0.2) is 5.11 Å². The van der Waals surface area contributed by atoms with E-state index in [1.807, 2.05) is 31.2 Å². The molecule has 0 aliphatic rings. The molecule has 0 heterocycles. The van der Waals surface area contributed by atoms with Gasteiger partial charge in [-0.25, -0.2) is 0 Å². The number of ether oxygens (including phenoxy) is 2. The summed E-state index contributed by atoms with van der Waals surface area (Å²) in [5.41, 5.74) is 0.738. The topological polar surface area (TPSA) is 76.7 Å². The van der Waals surface area contributed by atoms with Crippen molar-refractivity contribution in [1.29, 1.82) is 0 Å². The van der Waals surface area contributed by atoms with Gasteiger partial charge in [0, 0.05) is 12.1 Å². The van der Waals surface area contributed by atoms with Gasteiger partial charge in [0.05, 0.1) is 19.1 Å². The summed E-state index contributed by atoms with van der Waals surface area (Å²) in [4.78, 5) is 22.9. The van der Waals surface area contributed by atoms with Crippen LogP contribution in [0.15, 0.2) is 24.3 Å². The SMILES string of the molecule is CCOC(=O)CCC(=O)NC(=S)Nc1ccc(OC(C)CC)cc1. The molecule has 0 spiro atoms. The predicted molar refractivity (Wildman–Crippen MR) is 97.1 cm³/mol. The summed E-state index contributed by atoms with van der Waals surface area (Å²) >= 11 is 5.07. The van der Waals surface area contributed by atoms with Crippen molar-refractivity contribution in [3.8, 4) is 5.75 Å². The molecule has 0 aliphatic carbocycles. The van der Waals surface area contributed by atoms with Crippen LogP contribution in [0.5, 0.6) is 5.75 Å². The second-order valence-corrected chi connectivity index (χ2v) is 5.58. The number of hydrogen-bond donors (Lipinski definition) is 2. The van der Waals surface area contributed by atoms with E-state index in [-0.39, 0.29) is 30.0 Å². The number of esters is 1. The number of amides is 1. The second-order valence-electron chi connectivity index (χ2n) is 5.17. The molecule has 0 aromatic heterocycles. The first kappa shape index (κ1) is 19.9. The van der Waals surface area contributed by atoms with Crippen LogP contribution >= 0.6 is 12.2 Å². The third-order valence-corrected chi connectivity index (χ3v) is 3.34. The first-order chi connectivity index (χ1) is 11.4. The van der Waals surface area contributed by atoms with E-state index in [1.165, 1.54) is 0 Å². The lowest BCUT2D eigenvalue weighted by molar-refractivity contribution is -0.144. The van der Waals surface area contributed by atoms with Crippen molar-refractivity contribution in [1.82, 2.24) is 5.32 Å². The average Bonchev–Trinajstić information content (AvgIpc) is 2.55. The highest BCUT2D eigenvalue weighted by molar-refractivity contribution is 7.80. The zero-order valence-corrected chi connectivity index (χ0v) is 15.1. The Bertz CT molecular complexity index is 560. The van der Waals surface area contributed by atoms with Crippen molar-refractivity contribution in [2.24, 2.45) is 0 Å². The van der Waals surface area contributed by atoms with Gasteiger partial charge in [0.2, 0.25) is 5.91 Å². The number of carbonyl (C=O) groups is 2. The molecular formula is C17H24N2O4S. The highest BCUT2D eigenvalue weighted by Gasteiger charge is 2.09. The maximum atomic E-state index is 11.7. The highest BCUT2D eigenvalue weighted by atomic mass is 32.1. The summed E-state index contributed by atoms with van der Waals surface area (Å²) in [6.07, 6.45) is 1.15. The van der Waals surface area contributed by atoms with Gasteiger partial charge in [-0.15, -0.1) is 0 Å². The Kier molecular flexibility index (Phi) is 8.78. The molecule has 1 rings (SSSR count). The summed E-state index contributed by atoms with van der Waals surface area (Å²) in [5, 5.41) is 5.61. The molecule has 0 fully saturated rings. The fraction of sp³-hybridized carbons (Fsp3) is 0.471. The molecule has 1 atom stereocenters. The van der Waals surface area contributed by atoms with Crippen LogP contribution in [-0.2, 0) is 14.3 Å². The Morgan fingerprint density at radius 2 is 1.83 bits per heavy atom. The van der Waals surface area contributed by atoms with Crippen LogP contribution in [0.1, 0.15) is 40.0 Å². The second kappa shape index (κ2) is 10.6. The Balaban J connectivity index is 2.39. The molecule has 1 aromatic rings. The summed E-state index contributed by atoms with van der Waals surface area (Å²) in [5.74, 6) is 0.0417. The monoisotopic (exact) mass is 352 g/mol. The quantitative estimate of drug-likeness (QED) is 0.553. The van der Waals surface area contributed by atoms with Crippen LogP contribution in [0.4, 0.5) is 5.69 Å². The van der Waals surface area contributed by atoms with E-state index in [9.17, 15) is 9.59 Å². The Morgan fingerprint density at radius 1 is 1.17 bits per heavy atom. The van der Waals surface area contributed by atoms with Crippen molar-refractivity contribution < 1.29 is 19.1 Å². The fourth-order valence-electron chi connectivity index (χ4n) is 1.73. The van der Waals surface area contributed by atoms with Crippen molar-refractivity contribution in [3.05, 3.63) is 24.3 Å². The number of thiocarbonyl (C=S) groups is 1. The summed E-state index contributed by atoms with van der Waals surface area (Å²) < 4.78 is 10.4. The average molecular weight is 352 g/mol. The van der Waals surface area contributed by atoms with E-state index in [0.717, 1.165) is 17.9 Å². The molecule has 24 heavy (non-hydrogen) atoms. The lowest BCUT2D eigenvalue weighted by atomic mass is 10.3. The van der Waals surface area contributed by atoms with Crippen LogP contribution in [-0.4, -0.2) is 29.7 Å².